The summed E-state index contributed by atoms with van der Waals surface area (Å²) in [7, 11) is 1.70. The van der Waals surface area contributed by atoms with Gasteiger partial charge in [0.1, 0.15) is 5.75 Å². The Balaban J connectivity index is 1.51. The number of nitrogens with zero attached hydrogens (tertiary/aromatic N) is 4. The number of nitrogens with one attached hydrogen (secondary N) is 1. The van der Waals surface area contributed by atoms with Crippen LogP contribution in [0.3, 0.4) is 0 Å². The lowest BCUT2D eigenvalue weighted by atomic mass is 10.1. The molecule has 0 amide bonds. The normalized spacial score (nSPS) is 16.4. The van der Waals surface area contributed by atoms with Gasteiger partial charge in [-0.2, -0.15) is 0 Å². The Morgan fingerprint density at radius 3 is 2.68 bits per heavy atom. The van der Waals surface area contributed by atoms with Crippen molar-refractivity contribution in [2.24, 2.45) is 0 Å². The second-order valence-corrected chi connectivity index (χ2v) is 7.39. The zero-order chi connectivity index (χ0) is 17.2. The quantitative estimate of drug-likeness (QED) is 0.733. The van der Waals surface area contributed by atoms with E-state index in [1.165, 1.54) is 18.4 Å². The topological polar surface area (TPSA) is 54.7 Å². The molecule has 2 aromatic heterocycles. The van der Waals surface area contributed by atoms with Gasteiger partial charge in [-0.25, -0.2) is 9.50 Å². The molecule has 0 radical (unpaired) electrons. The Bertz CT molecular complexity index is 803. The molecule has 3 heterocycles. The minimum Gasteiger partial charge on any atom is -0.497 e. The van der Waals surface area contributed by atoms with E-state index in [2.05, 4.69) is 32.4 Å². The summed E-state index contributed by atoms with van der Waals surface area (Å²) in [6.07, 6.45) is 4.51. The number of ether oxygens (including phenoxy) is 1. The number of rotatable bonds is 6. The lowest BCUT2D eigenvalue weighted by Gasteiger charge is -2.28. The van der Waals surface area contributed by atoms with E-state index in [1.54, 1.807) is 18.4 Å². The Morgan fingerprint density at radius 2 is 2.00 bits per heavy atom. The number of hydrogen-bond acceptors (Lipinski definition) is 6. The number of methoxy groups -OCH3 is 1. The van der Waals surface area contributed by atoms with Gasteiger partial charge in [-0.05, 0) is 50.6 Å². The molecule has 1 fully saturated rings. The molecule has 0 unspecified atom stereocenters. The Hall–Kier alpha value is -2.12. The molecule has 1 N–H and O–H groups in total. The van der Waals surface area contributed by atoms with Crippen molar-refractivity contribution >= 4 is 21.4 Å². The minimum atomic E-state index is 0.339. The van der Waals surface area contributed by atoms with E-state index < -0.39 is 0 Å². The minimum absolute atomic E-state index is 0.339. The van der Waals surface area contributed by atoms with Crippen molar-refractivity contribution in [3.63, 3.8) is 0 Å². The largest absolute Gasteiger partial charge is 0.497 e. The molecule has 25 heavy (non-hydrogen) atoms. The molecule has 0 aliphatic carbocycles. The van der Waals surface area contributed by atoms with Crippen molar-refractivity contribution in [1.82, 2.24) is 19.5 Å². The van der Waals surface area contributed by atoms with E-state index in [9.17, 15) is 0 Å². The first-order valence-corrected chi connectivity index (χ1v) is 9.49. The fourth-order valence-corrected chi connectivity index (χ4v) is 4.24. The average molecular weight is 357 g/mol. The molecule has 1 atom stereocenters. The van der Waals surface area contributed by atoms with Crippen LogP contribution in [0.4, 0.5) is 5.13 Å². The van der Waals surface area contributed by atoms with Crippen molar-refractivity contribution in [2.75, 3.05) is 32.1 Å². The van der Waals surface area contributed by atoms with Crippen LogP contribution in [-0.2, 0) is 0 Å². The molecular weight excluding hydrogens is 334 g/mol. The molecule has 0 saturated carbocycles. The highest BCUT2D eigenvalue weighted by Gasteiger charge is 2.23. The summed E-state index contributed by atoms with van der Waals surface area (Å²) in [5.41, 5.74) is 2.31. The number of aryl methyl sites for hydroxylation is 1. The van der Waals surface area contributed by atoms with Crippen LogP contribution < -0.4 is 10.1 Å². The molecule has 0 spiro atoms. The molecule has 1 aliphatic heterocycles. The van der Waals surface area contributed by atoms with Crippen LogP contribution >= 0.6 is 11.3 Å². The first-order valence-electron chi connectivity index (χ1n) is 8.67. The predicted molar refractivity (Wildman–Crippen MR) is 101 cm³/mol. The zero-order valence-electron chi connectivity index (χ0n) is 14.6. The van der Waals surface area contributed by atoms with Crippen molar-refractivity contribution in [3.8, 4) is 5.75 Å². The van der Waals surface area contributed by atoms with Gasteiger partial charge in [0, 0.05) is 6.54 Å². The maximum Gasteiger partial charge on any atom is 0.214 e. The van der Waals surface area contributed by atoms with Crippen molar-refractivity contribution in [3.05, 3.63) is 41.7 Å². The fraction of sp³-hybridized carbons (Fsp3) is 0.444. The van der Waals surface area contributed by atoms with E-state index in [4.69, 9.17) is 4.74 Å². The monoisotopic (exact) mass is 357 g/mol. The van der Waals surface area contributed by atoms with Gasteiger partial charge in [-0.1, -0.05) is 23.5 Å². The number of likely N-dealkylation sites (tertiary alicyclic amines) is 1. The lowest BCUT2D eigenvalue weighted by molar-refractivity contribution is 0.256. The third-order valence-corrected chi connectivity index (χ3v) is 5.57. The average Bonchev–Trinajstić information content (AvgIpc) is 3.32. The predicted octanol–water partition coefficient (Wildman–Crippen LogP) is 3.36. The molecule has 0 bridgehead atoms. The zero-order valence-corrected chi connectivity index (χ0v) is 15.4. The lowest BCUT2D eigenvalue weighted by Crippen LogP contribution is -2.31. The summed E-state index contributed by atoms with van der Waals surface area (Å²) in [6.45, 7) is 5.13. The number of benzene rings is 1. The molecule has 3 aromatic rings. The summed E-state index contributed by atoms with van der Waals surface area (Å²) in [5.74, 6) is 0.897. The van der Waals surface area contributed by atoms with Gasteiger partial charge in [0.15, 0.2) is 0 Å². The van der Waals surface area contributed by atoms with Crippen LogP contribution in [-0.4, -0.2) is 46.2 Å². The molecular formula is C18H23N5OS. The summed E-state index contributed by atoms with van der Waals surface area (Å²) in [4.78, 5) is 7.96. The van der Waals surface area contributed by atoms with Gasteiger partial charge in [0.2, 0.25) is 10.1 Å². The number of anilines is 1. The van der Waals surface area contributed by atoms with Gasteiger partial charge < -0.3 is 10.1 Å². The van der Waals surface area contributed by atoms with Crippen molar-refractivity contribution in [1.29, 1.82) is 0 Å². The van der Waals surface area contributed by atoms with Crippen molar-refractivity contribution < 1.29 is 4.74 Å². The molecule has 4 rings (SSSR count). The molecule has 7 heteroatoms. The first-order chi connectivity index (χ1) is 12.2. The highest BCUT2D eigenvalue weighted by Crippen LogP contribution is 2.28. The summed E-state index contributed by atoms with van der Waals surface area (Å²) >= 11 is 1.60. The highest BCUT2D eigenvalue weighted by molar-refractivity contribution is 7.20. The highest BCUT2D eigenvalue weighted by atomic mass is 32.1. The van der Waals surface area contributed by atoms with Crippen LogP contribution in [0.15, 0.2) is 30.5 Å². The van der Waals surface area contributed by atoms with Crippen LogP contribution in [0.5, 0.6) is 5.75 Å². The summed E-state index contributed by atoms with van der Waals surface area (Å²) in [6, 6.07) is 8.76. The number of imidazole rings is 1. The fourth-order valence-electron chi connectivity index (χ4n) is 3.40. The van der Waals surface area contributed by atoms with Crippen molar-refractivity contribution in [2.45, 2.75) is 25.8 Å². The third kappa shape index (κ3) is 3.48. The first kappa shape index (κ1) is 16.4. The van der Waals surface area contributed by atoms with Crippen LogP contribution in [0.25, 0.3) is 4.96 Å². The molecule has 132 valence electrons. The van der Waals surface area contributed by atoms with E-state index in [1.807, 2.05) is 29.8 Å². The Labute approximate surface area is 151 Å². The Kier molecular flexibility index (Phi) is 4.59. The number of aromatic nitrogens is 3. The van der Waals surface area contributed by atoms with Gasteiger partial charge in [-0.3, -0.25) is 4.90 Å². The smallest absolute Gasteiger partial charge is 0.214 e. The maximum absolute atomic E-state index is 5.29. The number of hydrogen-bond donors (Lipinski definition) is 1. The second kappa shape index (κ2) is 7.01. The molecule has 1 aliphatic rings. The SMILES string of the molecule is COc1ccc([C@H](CNc2nn3cc(C)nc3s2)N2CCCC2)cc1. The van der Waals surface area contributed by atoms with Gasteiger partial charge in [-0.15, -0.1) is 5.10 Å². The third-order valence-electron chi connectivity index (χ3n) is 4.69. The van der Waals surface area contributed by atoms with E-state index in [0.29, 0.717) is 6.04 Å². The van der Waals surface area contributed by atoms with E-state index in [0.717, 1.165) is 41.2 Å². The van der Waals surface area contributed by atoms with E-state index in [-0.39, 0.29) is 0 Å². The van der Waals surface area contributed by atoms with Gasteiger partial charge in [0.25, 0.3) is 0 Å². The summed E-state index contributed by atoms with van der Waals surface area (Å²) < 4.78 is 7.14. The standard InChI is InChI=1S/C18H23N5OS/c1-13-12-23-18(20-13)25-17(21-23)19-11-16(22-9-3-4-10-22)14-5-7-15(24-2)8-6-14/h5-8,12,16H,3-4,9-11H2,1-2H3,(H,19,21)/t16-/m0/s1. The molecule has 1 saturated heterocycles. The summed E-state index contributed by atoms with van der Waals surface area (Å²) in [5, 5.41) is 9.01. The van der Waals surface area contributed by atoms with Gasteiger partial charge in [0.05, 0.1) is 25.0 Å². The molecule has 1 aromatic carbocycles. The van der Waals surface area contributed by atoms with E-state index >= 15 is 0 Å². The second-order valence-electron chi connectivity index (χ2n) is 6.43. The number of fused-ring (bicyclic) bond motifs is 1. The van der Waals surface area contributed by atoms with Crippen LogP contribution in [0, 0.1) is 6.92 Å². The van der Waals surface area contributed by atoms with Gasteiger partial charge >= 0.3 is 0 Å². The van der Waals surface area contributed by atoms with Crippen LogP contribution in [0.2, 0.25) is 0 Å². The van der Waals surface area contributed by atoms with Crippen LogP contribution in [0.1, 0.15) is 30.1 Å². The Morgan fingerprint density at radius 1 is 1.24 bits per heavy atom. The molecule has 6 nitrogen and oxygen atoms in total. The maximum atomic E-state index is 5.29.